The Balaban J connectivity index is 0.000000157. The molecule has 0 saturated heterocycles. The third-order valence-corrected chi connectivity index (χ3v) is 8.09. The van der Waals surface area contributed by atoms with Crippen molar-refractivity contribution in [3.8, 4) is 17.2 Å². The van der Waals surface area contributed by atoms with Crippen LogP contribution in [0.4, 0.5) is 11.4 Å². The summed E-state index contributed by atoms with van der Waals surface area (Å²) in [4.78, 5) is 0. The first kappa shape index (κ1) is 31.8. The summed E-state index contributed by atoms with van der Waals surface area (Å²) in [5.41, 5.74) is 20.3. The minimum atomic E-state index is 0.674. The first-order valence-corrected chi connectivity index (χ1v) is 16.3. The van der Waals surface area contributed by atoms with E-state index in [-0.39, 0.29) is 0 Å². The minimum Gasteiger partial charge on any atom is -0.462 e. The lowest BCUT2D eigenvalue weighted by atomic mass is 9.99. The van der Waals surface area contributed by atoms with Gasteiger partial charge in [0.05, 0.1) is 22.6 Å². The summed E-state index contributed by atoms with van der Waals surface area (Å²) in [5.74, 6) is 3.13. The number of hydrogen-bond donors (Lipinski definition) is 4. The van der Waals surface area contributed by atoms with Crippen LogP contribution in [0.5, 0.6) is 17.2 Å². The van der Waals surface area contributed by atoms with E-state index in [0.717, 1.165) is 69.2 Å². The van der Waals surface area contributed by atoms with Crippen LogP contribution in [0, 0.1) is 0 Å². The number of benzene rings is 5. The van der Waals surface area contributed by atoms with Crippen LogP contribution >= 0.6 is 0 Å². The molecule has 0 unspecified atom stereocenters. The third-order valence-electron chi connectivity index (χ3n) is 8.09. The summed E-state index contributed by atoms with van der Waals surface area (Å²) < 4.78 is 11.8. The van der Waals surface area contributed by atoms with Gasteiger partial charge in [-0.25, -0.2) is 0 Å². The van der Waals surface area contributed by atoms with Gasteiger partial charge < -0.3 is 20.9 Å². The third kappa shape index (κ3) is 8.00. The predicted octanol–water partition coefficient (Wildman–Crippen LogP) is 9.64. The van der Waals surface area contributed by atoms with Gasteiger partial charge in [0.1, 0.15) is 23.0 Å². The fourth-order valence-corrected chi connectivity index (χ4v) is 5.61. The molecule has 0 spiro atoms. The van der Waals surface area contributed by atoms with Gasteiger partial charge in [-0.1, -0.05) is 84.9 Å². The van der Waals surface area contributed by atoms with Gasteiger partial charge in [0.15, 0.2) is 0 Å². The van der Waals surface area contributed by atoms with Gasteiger partial charge in [-0.05, 0) is 66.1 Å². The van der Waals surface area contributed by atoms with Crippen LogP contribution in [-0.2, 0) is 6.42 Å². The van der Waals surface area contributed by atoms with E-state index in [1.807, 2.05) is 115 Å². The molecule has 8 rings (SSSR count). The SMILES string of the molecule is Nc1cccc(OC2=Cc3[nH]nc(/C=C/c4ccccc4)c3CC2)c1.Nc1cccc(Oc2ccc3c(/C=C/c4ccccc4)n[nH]c3c2)c1. The van der Waals surface area contributed by atoms with Crippen LogP contribution in [0.15, 0.2) is 133 Å². The van der Waals surface area contributed by atoms with E-state index < -0.39 is 0 Å². The van der Waals surface area contributed by atoms with Crippen LogP contribution in [-0.4, -0.2) is 20.4 Å². The fourth-order valence-electron chi connectivity index (χ4n) is 5.61. The summed E-state index contributed by atoms with van der Waals surface area (Å²) in [6.07, 6.45) is 12.0. The normalized spacial score (nSPS) is 12.4. The summed E-state index contributed by atoms with van der Waals surface area (Å²) in [7, 11) is 0. The van der Waals surface area contributed by atoms with E-state index in [9.17, 15) is 0 Å². The Hall–Kier alpha value is -6.80. The summed E-state index contributed by atoms with van der Waals surface area (Å²) in [6, 6.07) is 41.1. The molecule has 7 aromatic rings. The Morgan fingerprint density at radius 2 is 1.14 bits per heavy atom. The lowest BCUT2D eigenvalue weighted by Gasteiger charge is -2.15. The molecule has 2 heterocycles. The number of hydrogen-bond acceptors (Lipinski definition) is 6. The Kier molecular flexibility index (Phi) is 9.51. The topological polar surface area (TPSA) is 128 Å². The highest BCUT2D eigenvalue weighted by molar-refractivity contribution is 5.90. The maximum absolute atomic E-state index is 5.95. The quantitative estimate of drug-likeness (QED) is 0.121. The van der Waals surface area contributed by atoms with Crippen molar-refractivity contribution in [3.05, 3.63) is 167 Å². The number of fused-ring (bicyclic) bond motifs is 2. The molecule has 2 aromatic heterocycles. The number of ether oxygens (including phenoxy) is 2. The number of anilines is 2. The van der Waals surface area contributed by atoms with Crippen molar-refractivity contribution in [2.24, 2.45) is 0 Å². The number of aromatic amines is 2. The van der Waals surface area contributed by atoms with Crippen molar-refractivity contribution in [3.63, 3.8) is 0 Å². The summed E-state index contributed by atoms with van der Waals surface area (Å²) in [6.45, 7) is 0. The van der Waals surface area contributed by atoms with Crippen molar-refractivity contribution in [2.75, 3.05) is 11.5 Å². The van der Waals surface area contributed by atoms with E-state index in [1.54, 1.807) is 6.07 Å². The minimum absolute atomic E-state index is 0.674. The van der Waals surface area contributed by atoms with Gasteiger partial charge in [0.2, 0.25) is 0 Å². The Morgan fingerprint density at radius 1 is 0.540 bits per heavy atom. The molecule has 1 aliphatic carbocycles. The molecular weight excluding hydrogens is 621 g/mol. The van der Waals surface area contributed by atoms with Gasteiger partial charge in [0.25, 0.3) is 0 Å². The Bertz CT molecular complexity index is 2300. The number of nitrogens with zero attached hydrogens (tertiary/aromatic N) is 2. The first-order chi connectivity index (χ1) is 24.6. The average molecular weight is 657 g/mol. The highest BCUT2D eigenvalue weighted by atomic mass is 16.5. The molecule has 0 radical (unpaired) electrons. The van der Waals surface area contributed by atoms with Crippen molar-refractivity contribution in [1.82, 2.24) is 20.4 Å². The molecule has 246 valence electrons. The molecule has 0 aliphatic heterocycles. The molecule has 5 aromatic carbocycles. The van der Waals surface area contributed by atoms with Crippen LogP contribution in [0.1, 0.15) is 40.2 Å². The lowest BCUT2D eigenvalue weighted by molar-refractivity contribution is 0.406. The van der Waals surface area contributed by atoms with Gasteiger partial charge in [-0.3, -0.25) is 10.2 Å². The number of rotatable bonds is 8. The maximum Gasteiger partial charge on any atom is 0.129 e. The second-order valence-electron chi connectivity index (χ2n) is 11.8. The second-order valence-corrected chi connectivity index (χ2v) is 11.8. The predicted molar refractivity (Wildman–Crippen MR) is 204 cm³/mol. The van der Waals surface area contributed by atoms with Gasteiger partial charge in [0, 0.05) is 53.0 Å². The number of nitrogen functional groups attached to an aromatic ring is 2. The first-order valence-electron chi connectivity index (χ1n) is 16.3. The zero-order valence-corrected chi connectivity index (χ0v) is 27.3. The Labute approximate surface area is 290 Å². The lowest BCUT2D eigenvalue weighted by Crippen LogP contribution is -2.04. The number of aromatic nitrogens is 4. The van der Waals surface area contributed by atoms with Crippen molar-refractivity contribution >= 4 is 52.7 Å². The smallest absolute Gasteiger partial charge is 0.129 e. The van der Waals surface area contributed by atoms with E-state index in [1.165, 1.54) is 5.56 Å². The molecule has 8 heteroatoms. The average Bonchev–Trinajstić information content (AvgIpc) is 3.74. The standard InChI is InChI=1S/C21H19N3O.C21H17N3O/c2*22-16-7-4-8-17(13-16)25-18-10-11-19-20(23-24-21(19)14-18)12-9-15-5-2-1-3-6-15/h1-9,12-14H,10-11,22H2,(H,23,24);1-14H,22H2,(H,23,24)/b2*12-9+. The highest BCUT2D eigenvalue weighted by Crippen LogP contribution is 2.29. The Morgan fingerprint density at radius 3 is 1.80 bits per heavy atom. The number of nitrogens with two attached hydrogens (primary N) is 2. The van der Waals surface area contributed by atoms with Crippen molar-refractivity contribution < 1.29 is 9.47 Å². The van der Waals surface area contributed by atoms with Crippen LogP contribution in [0.25, 0.3) is 41.3 Å². The molecule has 1 aliphatic rings. The molecule has 0 atom stereocenters. The molecule has 0 saturated carbocycles. The van der Waals surface area contributed by atoms with Crippen molar-refractivity contribution in [1.29, 1.82) is 0 Å². The highest BCUT2D eigenvalue weighted by Gasteiger charge is 2.17. The van der Waals surface area contributed by atoms with Gasteiger partial charge in [-0.15, -0.1) is 0 Å². The molecule has 0 fully saturated rings. The number of allylic oxidation sites excluding steroid dienone is 1. The van der Waals surface area contributed by atoms with E-state index in [4.69, 9.17) is 20.9 Å². The molecular formula is C42H36N6O2. The summed E-state index contributed by atoms with van der Waals surface area (Å²) in [5, 5.41) is 16.0. The zero-order valence-electron chi connectivity index (χ0n) is 27.3. The van der Waals surface area contributed by atoms with Gasteiger partial charge in [-0.2, -0.15) is 10.2 Å². The van der Waals surface area contributed by atoms with Crippen LogP contribution in [0.2, 0.25) is 0 Å². The van der Waals surface area contributed by atoms with Crippen molar-refractivity contribution in [2.45, 2.75) is 12.8 Å². The van der Waals surface area contributed by atoms with Gasteiger partial charge >= 0.3 is 0 Å². The maximum atomic E-state index is 5.95. The number of H-pyrrole nitrogens is 2. The fraction of sp³-hybridized carbons (Fsp3) is 0.0476. The van der Waals surface area contributed by atoms with E-state index in [2.05, 4.69) is 56.8 Å². The zero-order chi connectivity index (χ0) is 34.1. The second kappa shape index (κ2) is 15.0. The number of nitrogens with one attached hydrogen (secondary N) is 2. The van der Waals surface area contributed by atoms with E-state index in [0.29, 0.717) is 17.1 Å². The molecule has 6 N–H and O–H groups in total. The summed E-state index contributed by atoms with van der Waals surface area (Å²) >= 11 is 0. The van der Waals surface area contributed by atoms with E-state index >= 15 is 0 Å². The molecule has 0 amide bonds. The van der Waals surface area contributed by atoms with Crippen LogP contribution in [0.3, 0.4) is 0 Å². The largest absolute Gasteiger partial charge is 0.462 e. The molecule has 0 bridgehead atoms. The van der Waals surface area contributed by atoms with Crippen LogP contribution < -0.4 is 20.9 Å². The monoisotopic (exact) mass is 656 g/mol. The molecule has 8 nitrogen and oxygen atoms in total. The molecule has 50 heavy (non-hydrogen) atoms.